The van der Waals surface area contributed by atoms with Crippen molar-refractivity contribution in [2.24, 2.45) is 5.41 Å². The number of amides is 1. The van der Waals surface area contributed by atoms with Gasteiger partial charge in [-0.3, -0.25) is 9.59 Å². The zero-order valence-corrected chi connectivity index (χ0v) is 14.5. The summed E-state index contributed by atoms with van der Waals surface area (Å²) in [6, 6.07) is 0. The van der Waals surface area contributed by atoms with Crippen LogP contribution in [0.5, 0.6) is 0 Å². The van der Waals surface area contributed by atoms with Gasteiger partial charge in [0.15, 0.2) is 0 Å². The zero-order valence-electron chi connectivity index (χ0n) is 13.7. The number of aliphatic carboxylic acids is 1. The van der Waals surface area contributed by atoms with E-state index < -0.39 is 16.9 Å². The van der Waals surface area contributed by atoms with Gasteiger partial charge in [0.05, 0.1) is 21.7 Å². The molecular formula is C15H24N2O3S. The second-order valence-corrected chi connectivity index (χ2v) is 7.66. The van der Waals surface area contributed by atoms with E-state index in [1.165, 1.54) is 11.3 Å². The molecule has 1 aromatic heterocycles. The van der Waals surface area contributed by atoms with Crippen LogP contribution in [0.3, 0.4) is 0 Å². The number of hydrogen-bond acceptors (Lipinski definition) is 4. The number of aromatic nitrogens is 1. The monoisotopic (exact) mass is 312 g/mol. The third kappa shape index (κ3) is 3.43. The first-order chi connectivity index (χ1) is 9.40. The number of hydrogen-bond donors (Lipinski definition) is 2. The van der Waals surface area contributed by atoms with E-state index in [1.807, 2.05) is 13.8 Å². The molecule has 0 radical (unpaired) electrons. The summed E-state index contributed by atoms with van der Waals surface area (Å²) in [5.41, 5.74) is -1.28. The Labute approximate surface area is 129 Å². The van der Waals surface area contributed by atoms with Crippen LogP contribution in [0.15, 0.2) is 0 Å². The third-order valence-electron chi connectivity index (χ3n) is 4.04. The molecule has 6 heteroatoms. The highest BCUT2D eigenvalue weighted by atomic mass is 32.1. The summed E-state index contributed by atoms with van der Waals surface area (Å²) in [7, 11) is 0. The Balaban J connectivity index is 3.03. The van der Waals surface area contributed by atoms with E-state index in [4.69, 9.17) is 0 Å². The van der Waals surface area contributed by atoms with E-state index >= 15 is 0 Å². The van der Waals surface area contributed by atoms with Crippen molar-refractivity contribution < 1.29 is 14.7 Å². The topological polar surface area (TPSA) is 79.3 Å². The quantitative estimate of drug-likeness (QED) is 0.875. The average molecular weight is 312 g/mol. The molecule has 0 unspecified atom stereocenters. The van der Waals surface area contributed by atoms with Gasteiger partial charge in [0.25, 0.3) is 5.91 Å². The molecule has 0 atom stereocenters. The fourth-order valence-corrected chi connectivity index (χ4v) is 2.60. The van der Waals surface area contributed by atoms with Gasteiger partial charge in [0.1, 0.15) is 4.88 Å². The standard InChI is InChI=1S/C15H24N2O3S/c1-8(2)12-16-9(3)10(21-12)11(18)17-15(6,7)14(4,5)13(19)20/h8H,1-7H3,(H,17,18)(H,19,20). The molecule has 0 aliphatic carbocycles. The molecule has 0 aliphatic rings. The number of carboxylic acids is 1. The maximum absolute atomic E-state index is 12.5. The van der Waals surface area contributed by atoms with Gasteiger partial charge in [-0.2, -0.15) is 0 Å². The second kappa shape index (κ2) is 5.75. The van der Waals surface area contributed by atoms with Crippen molar-refractivity contribution in [1.82, 2.24) is 10.3 Å². The largest absolute Gasteiger partial charge is 0.481 e. The van der Waals surface area contributed by atoms with Crippen LogP contribution < -0.4 is 5.32 Å². The molecule has 21 heavy (non-hydrogen) atoms. The Morgan fingerprint density at radius 2 is 1.76 bits per heavy atom. The van der Waals surface area contributed by atoms with Crippen LogP contribution >= 0.6 is 11.3 Å². The highest BCUT2D eigenvalue weighted by molar-refractivity contribution is 7.13. The first-order valence-electron chi connectivity index (χ1n) is 6.93. The van der Waals surface area contributed by atoms with Crippen molar-refractivity contribution in [2.75, 3.05) is 0 Å². The average Bonchev–Trinajstić information content (AvgIpc) is 2.70. The molecule has 0 bridgehead atoms. The highest BCUT2D eigenvalue weighted by Crippen LogP contribution is 2.32. The lowest BCUT2D eigenvalue weighted by Crippen LogP contribution is -2.56. The van der Waals surface area contributed by atoms with Crippen LogP contribution in [0.2, 0.25) is 0 Å². The Hall–Kier alpha value is -1.43. The van der Waals surface area contributed by atoms with Crippen LogP contribution in [-0.4, -0.2) is 27.5 Å². The van der Waals surface area contributed by atoms with E-state index in [0.29, 0.717) is 10.6 Å². The van der Waals surface area contributed by atoms with Crippen molar-refractivity contribution in [1.29, 1.82) is 0 Å². The summed E-state index contributed by atoms with van der Waals surface area (Å²) in [5.74, 6) is -0.952. The highest BCUT2D eigenvalue weighted by Gasteiger charge is 2.44. The minimum Gasteiger partial charge on any atom is -0.481 e. The maximum atomic E-state index is 12.5. The molecule has 1 amide bonds. The zero-order chi connectivity index (χ0) is 16.6. The van der Waals surface area contributed by atoms with Crippen LogP contribution in [0.25, 0.3) is 0 Å². The molecule has 1 aromatic rings. The van der Waals surface area contributed by atoms with Crippen molar-refractivity contribution in [3.8, 4) is 0 Å². The normalized spacial score (nSPS) is 12.6. The van der Waals surface area contributed by atoms with E-state index in [9.17, 15) is 14.7 Å². The predicted octanol–water partition coefficient (Wildman–Crippen LogP) is 3.19. The second-order valence-electron chi connectivity index (χ2n) is 6.63. The molecule has 0 fully saturated rings. The first-order valence-corrected chi connectivity index (χ1v) is 7.75. The number of nitrogens with zero attached hydrogens (tertiary/aromatic N) is 1. The van der Waals surface area contributed by atoms with Crippen LogP contribution in [0.4, 0.5) is 0 Å². The Morgan fingerprint density at radius 1 is 1.24 bits per heavy atom. The van der Waals surface area contributed by atoms with Gasteiger partial charge < -0.3 is 10.4 Å². The molecule has 1 rings (SSSR count). The third-order valence-corrected chi connectivity index (χ3v) is 5.49. The van der Waals surface area contributed by atoms with Gasteiger partial charge in [0.2, 0.25) is 0 Å². The molecule has 0 aromatic carbocycles. The van der Waals surface area contributed by atoms with E-state index in [0.717, 1.165) is 5.01 Å². The summed E-state index contributed by atoms with van der Waals surface area (Å²) in [5, 5.41) is 13.1. The number of carbonyl (C=O) groups excluding carboxylic acids is 1. The van der Waals surface area contributed by atoms with Gasteiger partial charge >= 0.3 is 5.97 Å². The van der Waals surface area contributed by atoms with Gasteiger partial charge in [-0.05, 0) is 34.6 Å². The molecule has 5 nitrogen and oxygen atoms in total. The first kappa shape index (κ1) is 17.6. The van der Waals surface area contributed by atoms with Crippen molar-refractivity contribution in [3.63, 3.8) is 0 Å². The van der Waals surface area contributed by atoms with E-state index in [1.54, 1.807) is 34.6 Å². The predicted molar refractivity (Wildman–Crippen MR) is 83.9 cm³/mol. The summed E-state index contributed by atoms with van der Waals surface area (Å²) in [6.45, 7) is 12.5. The fraction of sp³-hybridized carbons (Fsp3) is 0.667. The lowest BCUT2D eigenvalue weighted by molar-refractivity contribution is -0.150. The Bertz CT molecular complexity index is 559. The van der Waals surface area contributed by atoms with Gasteiger partial charge in [-0.25, -0.2) is 4.98 Å². The lowest BCUT2D eigenvalue weighted by atomic mass is 9.74. The van der Waals surface area contributed by atoms with Crippen LogP contribution in [0.1, 0.15) is 67.8 Å². The summed E-state index contributed by atoms with van der Waals surface area (Å²) in [6.07, 6.45) is 0. The van der Waals surface area contributed by atoms with Gasteiger partial charge in [-0.1, -0.05) is 13.8 Å². The number of nitrogens with one attached hydrogen (secondary N) is 1. The molecule has 0 aliphatic heterocycles. The number of carboxylic acid groups (broad SMARTS) is 1. The smallest absolute Gasteiger partial charge is 0.311 e. The molecule has 0 saturated heterocycles. The summed E-state index contributed by atoms with van der Waals surface area (Å²) >= 11 is 1.36. The van der Waals surface area contributed by atoms with Gasteiger partial charge in [-0.15, -0.1) is 11.3 Å². The van der Waals surface area contributed by atoms with E-state index in [2.05, 4.69) is 10.3 Å². The van der Waals surface area contributed by atoms with Gasteiger partial charge in [0, 0.05) is 5.92 Å². The number of aryl methyl sites for hydroxylation is 1. The minimum atomic E-state index is -1.08. The molecule has 0 spiro atoms. The molecule has 2 N–H and O–H groups in total. The molecule has 118 valence electrons. The van der Waals surface area contributed by atoms with Crippen LogP contribution in [0, 0.1) is 12.3 Å². The molecule has 0 saturated carbocycles. The molecule has 1 heterocycles. The van der Waals surface area contributed by atoms with Crippen molar-refractivity contribution >= 4 is 23.2 Å². The van der Waals surface area contributed by atoms with Crippen molar-refractivity contribution in [2.45, 2.75) is 59.9 Å². The Morgan fingerprint density at radius 3 is 2.14 bits per heavy atom. The number of rotatable bonds is 5. The minimum absolute atomic E-state index is 0.263. The number of carbonyl (C=O) groups is 2. The number of thiazole rings is 1. The van der Waals surface area contributed by atoms with Crippen molar-refractivity contribution in [3.05, 3.63) is 15.6 Å². The molecular weight excluding hydrogens is 288 g/mol. The summed E-state index contributed by atoms with van der Waals surface area (Å²) < 4.78 is 0. The fourth-order valence-electron chi connectivity index (χ4n) is 1.64. The van der Waals surface area contributed by atoms with Crippen LogP contribution in [-0.2, 0) is 4.79 Å². The lowest BCUT2D eigenvalue weighted by Gasteiger charge is -2.38. The Kier molecular flexibility index (Phi) is 4.83. The van der Waals surface area contributed by atoms with E-state index in [-0.39, 0.29) is 11.8 Å². The maximum Gasteiger partial charge on any atom is 0.311 e. The summed E-state index contributed by atoms with van der Waals surface area (Å²) in [4.78, 5) is 28.8. The SMILES string of the molecule is Cc1nc(C(C)C)sc1C(=O)NC(C)(C)C(C)(C)C(=O)O.